The fourth-order valence-corrected chi connectivity index (χ4v) is 4.17. The zero-order valence-corrected chi connectivity index (χ0v) is 13.7. The van der Waals surface area contributed by atoms with Crippen LogP contribution in [0.25, 0.3) is 0 Å². The average molecular weight is 331 g/mol. The molecule has 1 saturated heterocycles. The summed E-state index contributed by atoms with van der Waals surface area (Å²) in [7, 11) is -3.35. The van der Waals surface area contributed by atoms with Gasteiger partial charge in [-0.15, -0.1) is 0 Å². The Morgan fingerprint density at radius 2 is 2.05 bits per heavy atom. The molecule has 0 atom stereocenters. The Labute approximate surface area is 130 Å². The molecule has 1 heterocycles. The number of hydrogen-bond donors (Lipinski definition) is 1. The quantitative estimate of drug-likeness (QED) is 0.925. The van der Waals surface area contributed by atoms with Crippen LogP contribution in [0.4, 0.5) is 5.69 Å². The third-order valence-electron chi connectivity index (χ3n) is 3.25. The van der Waals surface area contributed by atoms with E-state index < -0.39 is 10.0 Å². The zero-order chi connectivity index (χ0) is 15.6. The Balaban J connectivity index is 2.37. The van der Waals surface area contributed by atoms with Crippen LogP contribution in [0.1, 0.15) is 37.0 Å². The summed E-state index contributed by atoms with van der Waals surface area (Å²) in [4.78, 5) is 12.0. The maximum atomic E-state index is 12.2. The van der Waals surface area contributed by atoms with Crippen LogP contribution < -0.4 is 9.62 Å². The van der Waals surface area contributed by atoms with Crippen LogP contribution in [0.5, 0.6) is 0 Å². The van der Waals surface area contributed by atoms with Gasteiger partial charge in [0.15, 0.2) is 0 Å². The second kappa shape index (κ2) is 6.23. The molecule has 0 aliphatic carbocycles. The predicted molar refractivity (Wildman–Crippen MR) is 84.4 cm³/mol. The number of nitrogens with zero attached hydrogens (tertiary/aromatic N) is 1. The Bertz CT molecular complexity index is 644. The fourth-order valence-electron chi connectivity index (χ4n) is 2.25. The number of carbonyl (C=O) groups is 1. The van der Waals surface area contributed by atoms with Crippen LogP contribution in [0.2, 0.25) is 5.02 Å². The summed E-state index contributed by atoms with van der Waals surface area (Å²) in [5, 5.41) is 3.11. The van der Waals surface area contributed by atoms with E-state index in [1.165, 1.54) is 4.31 Å². The van der Waals surface area contributed by atoms with Crippen molar-refractivity contribution in [2.75, 3.05) is 16.6 Å². The third kappa shape index (κ3) is 3.68. The van der Waals surface area contributed by atoms with Gasteiger partial charge in [0.05, 0.1) is 16.5 Å². The van der Waals surface area contributed by atoms with E-state index in [4.69, 9.17) is 11.6 Å². The van der Waals surface area contributed by atoms with Crippen molar-refractivity contribution >= 4 is 33.2 Å². The van der Waals surface area contributed by atoms with Crippen molar-refractivity contribution in [3.05, 3.63) is 28.8 Å². The van der Waals surface area contributed by atoms with E-state index in [1.54, 1.807) is 18.2 Å². The lowest BCUT2D eigenvalue weighted by Gasteiger charge is -2.29. The molecular weight excluding hydrogens is 312 g/mol. The molecule has 0 saturated carbocycles. The van der Waals surface area contributed by atoms with Gasteiger partial charge in [-0.25, -0.2) is 8.42 Å². The molecule has 0 unspecified atom stereocenters. The average Bonchev–Trinajstić information content (AvgIpc) is 2.38. The molecule has 0 radical (unpaired) electrons. The van der Waals surface area contributed by atoms with E-state index in [2.05, 4.69) is 5.32 Å². The van der Waals surface area contributed by atoms with E-state index in [9.17, 15) is 13.2 Å². The Morgan fingerprint density at radius 3 is 2.67 bits per heavy atom. The molecule has 0 spiro atoms. The Morgan fingerprint density at radius 1 is 1.33 bits per heavy atom. The van der Waals surface area contributed by atoms with E-state index in [-0.39, 0.29) is 17.7 Å². The smallest absolute Gasteiger partial charge is 0.251 e. The molecule has 2 rings (SSSR count). The molecular formula is C14H19ClN2O3S. The van der Waals surface area contributed by atoms with E-state index in [1.807, 2.05) is 13.8 Å². The largest absolute Gasteiger partial charge is 0.350 e. The van der Waals surface area contributed by atoms with Crippen LogP contribution in [0, 0.1) is 0 Å². The molecule has 5 nitrogen and oxygen atoms in total. The lowest BCUT2D eigenvalue weighted by Crippen LogP contribution is -2.38. The van der Waals surface area contributed by atoms with Gasteiger partial charge in [-0.2, -0.15) is 0 Å². The van der Waals surface area contributed by atoms with Crippen LogP contribution in [-0.4, -0.2) is 32.7 Å². The zero-order valence-electron chi connectivity index (χ0n) is 12.1. The molecule has 1 fully saturated rings. The van der Waals surface area contributed by atoms with Gasteiger partial charge in [-0.1, -0.05) is 11.6 Å². The molecule has 1 aliphatic heterocycles. The van der Waals surface area contributed by atoms with Gasteiger partial charge in [0, 0.05) is 18.2 Å². The molecule has 116 valence electrons. The molecule has 1 amide bonds. The summed E-state index contributed by atoms with van der Waals surface area (Å²) in [6, 6.07) is 4.72. The lowest BCUT2D eigenvalue weighted by atomic mass is 10.1. The highest BCUT2D eigenvalue weighted by atomic mass is 35.5. The summed E-state index contributed by atoms with van der Waals surface area (Å²) in [6.07, 6.45) is 1.45. The number of halogens is 1. The first-order valence-corrected chi connectivity index (χ1v) is 8.91. The predicted octanol–water partition coefficient (Wildman–Crippen LogP) is 2.41. The minimum atomic E-state index is -3.35. The van der Waals surface area contributed by atoms with E-state index in [0.29, 0.717) is 29.2 Å². The van der Waals surface area contributed by atoms with Crippen molar-refractivity contribution < 1.29 is 13.2 Å². The first kappa shape index (κ1) is 16.1. The summed E-state index contributed by atoms with van der Waals surface area (Å²) in [5.74, 6) is -0.122. The van der Waals surface area contributed by atoms with E-state index in [0.717, 1.165) is 6.42 Å². The molecule has 1 aliphatic rings. The molecule has 1 aromatic carbocycles. The van der Waals surface area contributed by atoms with Crippen molar-refractivity contribution in [2.45, 2.75) is 32.7 Å². The van der Waals surface area contributed by atoms with Gasteiger partial charge in [-0.05, 0) is 44.9 Å². The summed E-state index contributed by atoms with van der Waals surface area (Å²) >= 11 is 6.13. The van der Waals surface area contributed by atoms with Gasteiger partial charge in [-0.3, -0.25) is 9.10 Å². The highest BCUT2D eigenvalue weighted by molar-refractivity contribution is 7.92. The number of hydrogen-bond acceptors (Lipinski definition) is 3. The number of anilines is 1. The van der Waals surface area contributed by atoms with Gasteiger partial charge < -0.3 is 5.32 Å². The van der Waals surface area contributed by atoms with E-state index >= 15 is 0 Å². The van der Waals surface area contributed by atoms with Crippen LogP contribution in [-0.2, 0) is 10.0 Å². The SMILES string of the molecule is CC(C)NC(=O)c1ccc(Cl)c(N2CCCCS2(=O)=O)c1. The third-order valence-corrected chi connectivity index (χ3v) is 5.42. The second-order valence-corrected chi connectivity index (χ2v) is 7.81. The van der Waals surface area contributed by atoms with Crippen LogP contribution in [0.3, 0.4) is 0 Å². The monoisotopic (exact) mass is 330 g/mol. The van der Waals surface area contributed by atoms with Gasteiger partial charge in [0.2, 0.25) is 10.0 Å². The van der Waals surface area contributed by atoms with Crippen molar-refractivity contribution in [2.24, 2.45) is 0 Å². The normalized spacial score (nSPS) is 17.8. The maximum Gasteiger partial charge on any atom is 0.251 e. The van der Waals surface area contributed by atoms with Crippen molar-refractivity contribution in [3.8, 4) is 0 Å². The topological polar surface area (TPSA) is 66.5 Å². The Hall–Kier alpha value is -1.27. The van der Waals surface area contributed by atoms with Crippen LogP contribution in [0.15, 0.2) is 18.2 Å². The summed E-state index contributed by atoms with van der Waals surface area (Å²) in [6.45, 7) is 4.13. The van der Waals surface area contributed by atoms with Gasteiger partial charge in [0.1, 0.15) is 0 Å². The first-order chi connectivity index (χ1) is 9.81. The number of nitrogens with one attached hydrogen (secondary N) is 1. The number of amides is 1. The highest BCUT2D eigenvalue weighted by Crippen LogP contribution is 2.31. The number of sulfonamides is 1. The van der Waals surface area contributed by atoms with Crippen LogP contribution >= 0.6 is 11.6 Å². The number of carbonyl (C=O) groups excluding carboxylic acids is 1. The molecule has 0 aromatic heterocycles. The highest BCUT2D eigenvalue weighted by Gasteiger charge is 2.28. The molecule has 0 bridgehead atoms. The molecule has 1 N–H and O–H groups in total. The molecule has 7 heteroatoms. The molecule has 1 aromatic rings. The summed E-state index contributed by atoms with van der Waals surface area (Å²) < 4.78 is 25.6. The fraction of sp³-hybridized carbons (Fsp3) is 0.500. The Kier molecular flexibility index (Phi) is 4.78. The van der Waals surface area contributed by atoms with Crippen molar-refractivity contribution in [1.82, 2.24) is 5.32 Å². The summed E-state index contributed by atoms with van der Waals surface area (Å²) in [5.41, 5.74) is 0.789. The minimum Gasteiger partial charge on any atom is -0.350 e. The maximum absolute atomic E-state index is 12.2. The van der Waals surface area contributed by atoms with Crippen molar-refractivity contribution in [1.29, 1.82) is 0 Å². The number of rotatable bonds is 3. The standard InChI is InChI=1S/C14H19ClN2O3S/c1-10(2)16-14(18)11-5-6-12(15)13(9-11)17-7-3-4-8-21(17,19)20/h5-6,9-10H,3-4,7-8H2,1-2H3,(H,16,18). The van der Waals surface area contributed by atoms with Crippen molar-refractivity contribution in [3.63, 3.8) is 0 Å². The second-order valence-electron chi connectivity index (χ2n) is 5.39. The van der Waals surface area contributed by atoms with Gasteiger partial charge in [0.25, 0.3) is 5.91 Å². The lowest BCUT2D eigenvalue weighted by molar-refractivity contribution is 0.0943. The molecule has 21 heavy (non-hydrogen) atoms. The number of benzene rings is 1. The minimum absolute atomic E-state index is 0.00958. The van der Waals surface area contributed by atoms with Gasteiger partial charge >= 0.3 is 0 Å². The first-order valence-electron chi connectivity index (χ1n) is 6.92.